The normalized spacial score (nSPS) is 14.3. The van der Waals surface area contributed by atoms with E-state index in [1.165, 1.54) is 24.0 Å². The van der Waals surface area contributed by atoms with Gasteiger partial charge in [0, 0.05) is 11.3 Å². The first-order valence-electron chi connectivity index (χ1n) is 8.52. The molecule has 1 atom stereocenters. The molecule has 5 heteroatoms. The van der Waals surface area contributed by atoms with Crippen LogP contribution in [0.2, 0.25) is 0 Å². The Morgan fingerprint density at radius 3 is 2.40 bits per heavy atom. The van der Waals surface area contributed by atoms with Crippen LogP contribution in [0, 0.1) is 0 Å². The van der Waals surface area contributed by atoms with Crippen molar-refractivity contribution in [3.05, 3.63) is 59.2 Å². The second kappa shape index (κ2) is 7.38. The van der Waals surface area contributed by atoms with E-state index in [9.17, 15) is 9.59 Å². The average Bonchev–Trinajstić information content (AvgIpc) is 2.62. The third-order valence-corrected chi connectivity index (χ3v) is 4.44. The SMILES string of the molecule is CC(Oc1ccc2c(c1)CCCC2)C(=O)Nc1ccc(C(N)=O)cc1. The molecule has 0 heterocycles. The number of nitrogens with two attached hydrogens (primary N) is 1. The molecule has 1 unspecified atom stereocenters. The summed E-state index contributed by atoms with van der Waals surface area (Å²) in [5, 5.41) is 2.77. The third kappa shape index (κ3) is 4.18. The molecule has 130 valence electrons. The van der Waals surface area contributed by atoms with Gasteiger partial charge in [-0.2, -0.15) is 0 Å². The number of benzene rings is 2. The number of amides is 2. The third-order valence-electron chi connectivity index (χ3n) is 4.44. The monoisotopic (exact) mass is 338 g/mol. The van der Waals surface area contributed by atoms with Gasteiger partial charge in [-0.25, -0.2) is 0 Å². The highest BCUT2D eigenvalue weighted by molar-refractivity contribution is 5.96. The number of hydrogen-bond donors (Lipinski definition) is 2. The number of rotatable bonds is 5. The van der Waals surface area contributed by atoms with E-state index in [0.29, 0.717) is 17.0 Å². The van der Waals surface area contributed by atoms with Gasteiger partial charge in [-0.3, -0.25) is 9.59 Å². The lowest BCUT2D eigenvalue weighted by Gasteiger charge is -2.19. The molecule has 2 amide bonds. The topological polar surface area (TPSA) is 81.4 Å². The molecule has 3 N–H and O–H groups in total. The van der Waals surface area contributed by atoms with Crippen molar-refractivity contribution in [1.82, 2.24) is 0 Å². The smallest absolute Gasteiger partial charge is 0.265 e. The number of hydrogen-bond acceptors (Lipinski definition) is 3. The first-order valence-corrected chi connectivity index (χ1v) is 8.52. The van der Waals surface area contributed by atoms with E-state index in [-0.39, 0.29) is 5.91 Å². The molecule has 3 rings (SSSR count). The molecule has 0 aliphatic heterocycles. The Hall–Kier alpha value is -2.82. The number of ether oxygens (including phenoxy) is 1. The molecule has 0 fully saturated rings. The summed E-state index contributed by atoms with van der Waals surface area (Å²) >= 11 is 0. The molecule has 2 aromatic carbocycles. The zero-order chi connectivity index (χ0) is 17.8. The fourth-order valence-electron chi connectivity index (χ4n) is 3.00. The molecule has 0 saturated carbocycles. The fourth-order valence-corrected chi connectivity index (χ4v) is 3.00. The standard InChI is InChI=1S/C20H22N2O3/c1-13(20(24)22-17-9-6-15(7-10-17)19(21)23)25-18-11-8-14-4-2-3-5-16(14)12-18/h6-13H,2-5H2,1H3,(H2,21,23)(H,22,24). The summed E-state index contributed by atoms with van der Waals surface area (Å²) in [5.41, 5.74) is 8.89. The van der Waals surface area contributed by atoms with Gasteiger partial charge in [0.1, 0.15) is 5.75 Å². The Balaban J connectivity index is 1.61. The van der Waals surface area contributed by atoms with Crippen LogP contribution in [0.1, 0.15) is 41.3 Å². The van der Waals surface area contributed by atoms with Crippen LogP contribution in [-0.2, 0) is 17.6 Å². The van der Waals surface area contributed by atoms with Crippen LogP contribution in [0.25, 0.3) is 0 Å². The van der Waals surface area contributed by atoms with Crippen molar-refractivity contribution in [2.24, 2.45) is 5.73 Å². The molecule has 0 saturated heterocycles. The summed E-state index contributed by atoms with van der Waals surface area (Å²) in [6.45, 7) is 1.71. The van der Waals surface area contributed by atoms with E-state index in [2.05, 4.69) is 11.4 Å². The summed E-state index contributed by atoms with van der Waals surface area (Å²) in [5.74, 6) is -0.0288. The van der Waals surface area contributed by atoms with E-state index in [4.69, 9.17) is 10.5 Å². The summed E-state index contributed by atoms with van der Waals surface area (Å²) in [7, 11) is 0. The van der Waals surface area contributed by atoms with E-state index >= 15 is 0 Å². The van der Waals surface area contributed by atoms with Crippen molar-refractivity contribution in [2.75, 3.05) is 5.32 Å². The first kappa shape index (κ1) is 17.0. The molecule has 0 spiro atoms. The Labute approximate surface area is 147 Å². The van der Waals surface area contributed by atoms with Crippen LogP contribution in [-0.4, -0.2) is 17.9 Å². The highest BCUT2D eigenvalue weighted by atomic mass is 16.5. The molecule has 2 aromatic rings. The maximum atomic E-state index is 12.3. The van der Waals surface area contributed by atoms with Crippen LogP contribution in [0.4, 0.5) is 5.69 Å². The van der Waals surface area contributed by atoms with Crippen LogP contribution in [0.15, 0.2) is 42.5 Å². The van der Waals surface area contributed by atoms with Crippen molar-refractivity contribution in [2.45, 2.75) is 38.7 Å². The van der Waals surface area contributed by atoms with E-state index in [1.54, 1.807) is 31.2 Å². The maximum Gasteiger partial charge on any atom is 0.265 e. The Morgan fingerprint density at radius 2 is 1.72 bits per heavy atom. The van der Waals surface area contributed by atoms with Gasteiger partial charge < -0.3 is 15.8 Å². The summed E-state index contributed by atoms with van der Waals surface area (Å²) in [6, 6.07) is 12.5. The number of aryl methyl sites for hydroxylation is 2. The Kier molecular flexibility index (Phi) is 5.03. The lowest BCUT2D eigenvalue weighted by atomic mass is 9.92. The number of anilines is 1. The van der Waals surface area contributed by atoms with Crippen LogP contribution < -0.4 is 15.8 Å². The van der Waals surface area contributed by atoms with E-state index in [1.807, 2.05) is 12.1 Å². The van der Waals surface area contributed by atoms with Crippen molar-refractivity contribution in [3.8, 4) is 5.75 Å². The zero-order valence-electron chi connectivity index (χ0n) is 14.2. The first-order chi connectivity index (χ1) is 12.0. The number of carbonyl (C=O) groups is 2. The van der Waals surface area contributed by atoms with Gasteiger partial charge >= 0.3 is 0 Å². The van der Waals surface area contributed by atoms with Gasteiger partial charge in [-0.1, -0.05) is 6.07 Å². The lowest BCUT2D eigenvalue weighted by molar-refractivity contribution is -0.122. The predicted molar refractivity (Wildman–Crippen MR) is 96.8 cm³/mol. The van der Waals surface area contributed by atoms with Crippen LogP contribution in [0.5, 0.6) is 5.75 Å². The van der Waals surface area contributed by atoms with Crippen molar-refractivity contribution < 1.29 is 14.3 Å². The number of fused-ring (bicyclic) bond motifs is 1. The number of carbonyl (C=O) groups excluding carboxylic acids is 2. The molecule has 25 heavy (non-hydrogen) atoms. The molecular weight excluding hydrogens is 316 g/mol. The van der Waals surface area contributed by atoms with E-state index in [0.717, 1.165) is 12.8 Å². The highest BCUT2D eigenvalue weighted by Crippen LogP contribution is 2.26. The average molecular weight is 338 g/mol. The predicted octanol–water partition coefficient (Wildman–Crippen LogP) is 3.07. The van der Waals surface area contributed by atoms with Crippen molar-refractivity contribution >= 4 is 17.5 Å². The summed E-state index contributed by atoms with van der Waals surface area (Å²) < 4.78 is 5.79. The number of nitrogens with one attached hydrogen (secondary N) is 1. The van der Waals surface area contributed by atoms with Gasteiger partial charge in [0.2, 0.25) is 5.91 Å². The van der Waals surface area contributed by atoms with Gasteiger partial charge in [0.25, 0.3) is 5.91 Å². The molecule has 0 radical (unpaired) electrons. The highest BCUT2D eigenvalue weighted by Gasteiger charge is 2.16. The van der Waals surface area contributed by atoms with E-state index < -0.39 is 12.0 Å². The zero-order valence-corrected chi connectivity index (χ0v) is 14.2. The number of primary amides is 1. The van der Waals surface area contributed by atoms with Crippen molar-refractivity contribution in [1.29, 1.82) is 0 Å². The second-order valence-corrected chi connectivity index (χ2v) is 6.33. The molecule has 1 aliphatic carbocycles. The minimum absolute atomic E-state index is 0.246. The summed E-state index contributed by atoms with van der Waals surface area (Å²) in [6.07, 6.45) is 4.00. The fraction of sp³-hybridized carbons (Fsp3) is 0.300. The molecule has 0 bridgehead atoms. The largest absolute Gasteiger partial charge is 0.481 e. The van der Waals surface area contributed by atoms with Gasteiger partial charge in [0.05, 0.1) is 0 Å². The Bertz CT molecular complexity index is 784. The quantitative estimate of drug-likeness (QED) is 0.879. The molecule has 1 aliphatic rings. The van der Waals surface area contributed by atoms with Gasteiger partial charge in [-0.05, 0) is 80.1 Å². The molecule has 5 nitrogen and oxygen atoms in total. The van der Waals surface area contributed by atoms with Gasteiger partial charge in [-0.15, -0.1) is 0 Å². The lowest BCUT2D eigenvalue weighted by Crippen LogP contribution is -2.30. The Morgan fingerprint density at radius 1 is 1.04 bits per heavy atom. The minimum atomic E-state index is -0.627. The molecule has 0 aromatic heterocycles. The minimum Gasteiger partial charge on any atom is -0.481 e. The van der Waals surface area contributed by atoms with Gasteiger partial charge in [0.15, 0.2) is 6.10 Å². The van der Waals surface area contributed by atoms with Crippen molar-refractivity contribution in [3.63, 3.8) is 0 Å². The van der Waals surface area contributed by atoms with Crippen LogP contribution in [0.3, 0.4) is 0 Å². The van der Waals surface area contributed by atoms with Crippen LogP contribution >= 0.6 is 0 Å². The maximum absolute atomic E-state index is 12.3. The molecular formula is C20H22N2O3. The second-order valence-electron chi connectivity index (χ2n) is 6.33. The summed E-state index contributed by atoms with van der Waals surface area (Å²) in [4.78, 5) is 23.4.